The van der Waals surface area contributed by atoms with E-state index in [2.05, 4.69) is 10.1 Å². The highest BCUT2D eigenvalue weighted by Gasteiger charge is 2.28. The normalized spacial score (nSPS) is 12.8. The molecule has 0 aromatic carbocycles. The van der Waals surface area contributed by atoms with Crippen LogP contribution in [0.15, 0.2) is 24.7 Å². The Morgan fingerprint density at radius 2 is 2.11 bits per heavy atom. The van der Waals surface area contributed by atoms with Gasteiger partial charge in [-0.2, -0.15) is 30.0 Å². The van der Waals surface area contributed by atoms with Crippen molar-refractivity contribution in [1.82, 2.24) is 14.8 Å². The summed E-state index contributed by atoms with van der Waals surface area (Å²) in [5.74, 6) is -1.17. The average Bonchev–Trinajstić information content (AvgIpc) is 3.00. The predicted molar refractivity (Wildman–Crippen MR) is 102 cm³/mol. The third-order valence-corrected chi connectivity index (χ3v) is 5.30. The van der Waals surface area contributed by atoms with E-state index in [9.17, 15) is 22.4 Å². The van der Waals surface area contributed by atoms with E-state index < -0.39 is 24.3 Å². The Bertz CT molecular complexity index is 815. The summed E-state index contributed by atoms with van der Waals surface area (Å²) in [6.45, 7) is 3.70. The van der Waals surface area contributed by atoms with E-state index >= 15 is 0 Å². The molecule has 28 heavy (non-hydrogen) atoms. The molecule has 154 valence electrons. The molecule has 0 spiro atoms. The van der Waals surface area contributed by atoms with E-state index in [1.807, 2.05) is 0 Å². The number of hydrogen-bond acceptors (Lipinski definition) is 4. The highest BCUT2D eigenvalue weighted by molar-refractivity contribution is 7.99. The molecule has 11 heteroatoms. The maximum atomic E-state index is 13.4. The van der Waals surface area contributed by atoms with Gasteiger partial charge in [0.25, 0.3) is 0 Å². The Hall–Kier alpha value is -1.81. The number of carbonyl (C=O) groups is 1. The molecule has 0 aliphatic heterocycles. The van der Waals surface area contributed by atoms with Crippen LogP contribution in [0.2, 0.25) is 5.15 Å². The maximum Gasteiger partial charge on any atom is 0.389 e. The molecule has 0 N–H and O–H groups in total. The summed E-state index contributed by atoms with van der Waals surface area (Å²) < 4.78 is 51.3. The lowest BCUT2D eigenvalue weighted by Gasteiger charge is -2.23. The SMILES string of the molecule is CCN(C(=O)C(C)CSCCC(F)(F)F)c1cn(-c2cncc(F)c2)nc1Cl. The van der Waals surface area contributed by atoms with Crippen molar-refractivity contribution in [1.29, 1.82) is 0 Å². The van der Waals surface area contributed by atoms with Crippen LogP contribution in [0.1, 0.15) is 20.3 Å². The highest BCUT2D eigenvalue weighted by atomic mass is 35.5. The van der Waals surface area contributed by atoms with Gasteiger partial charge in [-0.1, -0.05) is 18.5 Å². The minimum Gasteiger partial charge on any atom is -0.308 e. The lowest BCUT2D eigenvalue weighted by atomic mass is 10.2. The fourth-order valence-corrected chi connectivity index (χ4v) is 3.68. The molecular weight excluding hydrogens is 420 g/mol. The van der Waals surface area contributed by atoms with Crippen molar-refractivity contribution in [3.8, 4) is 5.69 Å². The molecule has 0 aliphatic rings. The number of carbonyl (C=O) groups excluding carboxylic acids is 1. The van der Waals surface area contributed by atoms with Crippen LogP contribution in [0.4, 0.5) is 23.2 Å². The molecule has 2 aromatic heterocycles. The third-order valence-electron chi connectivity index (χ3n) is 3.80. The number of halogens is 5. The smallest absolute Gasteiger partial charge is 0.308 e. The topological polar surface area (TPSA) is 51.0 Å². The van der Waals surface area contributed by atoms with Crippen LogP contribution in [0.25, 0.3) is 5.69 Å². The van der Waals surface area contributed by atoms with Crippen molar-refractivity contribution in [2.75, 3.05) is 23.0 Å². The van der Waals surface area contributed by atoms with Crippen molar-refractivity contribution in [3.63, 3.8) is 0 Å². The molecule has 0 radical (unpaired) electrons. The molecule has 2 aromatic rings. The number of thioether (sulfide) groups is 1. The largest absolute Gasteiger partial charge is 0.389 e. The predicted octanol–water partition coefficient (Wildman–Crippen LogP) is 4.73. The lowest BCUT2D eigenvalue weighted by molar-refractivity contribution is -0.129. The standard InChI is InChI=1S/C17H19ClF4N4OS/c1-3-25(16(27)11(2)10-28-5-4-17(20,21)22)14-9-26(24-15(14)18)13-6-12(19)7-23-8-13/h6-9,11H,3-5,10H2,1-2H3. The lowest BCUT2D eigenvalue weighted by Crippen LogP contribution is -2.36. The number of pyridine rings is 1. The van der Waals surface area contributed by atoms with Gasteiger partial charge in [-0.15, -0.1) is 0 Å². The number of alkyl halides is 3. The summed E-state index contributed by atoms with van der Waals surface area (Å²) in [4.78, 5) is 17.9. The highest BCUT2D eigenvalue weighted by Crippen LogP contribution is 2.28. The van der Waals surface area contributed by atoms with Crippen molar-refractivity contribution < 1.29 is 22.4 Å². The molecular formula is C17H19ClF4N4OS. The molecule has 1 amide bonds. The van der Waals surface area contributed by atoms with E-state index in [1.165, 1.54) is 28.0 Å². The summed E-state index contributed by atoms with van der Waals surface area (Å²) in [6, 6.07) is 1.22. The van der Waals surface area contributed by atoms with Gasteiger partial charge in [0.1, 0.15) is 11.5 Å². The minimum absolute atomic E-state index is 0.0522. The van der Waals surface area contributed by atoms with E-state index in [0.717, 1.165) is 18.0 Å². The summed E-state index contributed by atoms with van der Waals surface area (Å²) in [6.07, 6.45) is -1.16. The number of hydrogen-bond donors (Lipinski definition) is 0. The van der Waals surface area contributed by atoms with Gasteiger partial charge in [0.05, 0.1) is 30.7 Å². The van der Waals surface area contributed by atoms with Crippen LogP contribution >= 0.6 is 23.4 Å². The molecule has 2 heterocycles. The zero-order chi connectivity index (χ0) is 20.9. The van der Waals surface area contributed by atoms with E-state index in [-0.39, 0.29) is 22.6 Å². The van der Waals surface area contributed by atoms with Gasteiger partial charge in [-0.25, -0.2) is 9.07 Å². The number of nitrogens with zero attached hydrogens (tertiary/aromatic N) is 4. The minimum atomic E-state index is -4.20. The monoisotopic (exact) mass is 438 g/mol. The number of aromatic nitrogens is 3. The second-order valence-corrected chi connectivity index (χ2v) is 7.54. The van der Waals surface area contributed by atoms with Gasteiger partial charge in [0.15, 0.2) is 5.15 Å². The van der Waals surface area contributed by atoms with Crippen LogP contribution in [-0.4, -0.2) is 44.9 Å². The molecule has 5 nitrogen and oxygen atoms in total. The fraction of sp³-hybridized carbons (Fsp3) is 0.471. The Balaban J connectivity index is 2.08. The fourth-order valence-electron chi connectivity index (χ4n) is 2.41. The van der Waals surface area contributed by atoms with Gasteiger partial charge < -0.3 is 4.90 Å². The van der Waals surface area contributed by atoms with E-state index in [0.29, 0.717) is 17.9 Å². The molecule has 2 rings (SSSR count). The molecule has 0 saturated heterocycles. The average molecular weight is 439 g/mol. The molecule has 0 saturated carbocycles. The summed E-state index contributed by atoms with van der Waals surface area (Å²) in [5, 5.41) is 4.14. The molecule has 1 unspecified atom stereocenters. The summed E-state index contributed by atoms with van der Waals surface area (Å²) in [5.41, 5.74) is 0.679. The second-order valence-electron chi connectivity index (χ2n) is 6.03. The first-order valence-corrected chi connectivity index (χ1v) is 9.97. The van der Waals surface area contributed by atoms with Crippen LogP contribution in [0, 0.1) is 11.7 Å². The quantitative estimate of drug-likeness (QED) is 0.441. The zero-order valence-electron chi connectivity index (χ0n) is 15.2. The molecule has 0 aliphatic carbocycles. The van der Waals surface area contributed by atoms with Crippen molar-refractivity contribution >= 4 is 35.0 Å². The van der Waals surface area contributed by atoms with Crippen molar-refractivity contribution in [3.05, 3.63) is 35.6 Å². The first-order chi connectivity index (χ1) is 13.1. The summed E-state index contributed by atoms with van der Waals surface area (Å²) >= 11 is 7.24. The Kier molecular flexibility index (Phi) is 7.70. The van der Waals surface area contributed by atoms with Gasteiger partial charge in [0, 0.05) is 30.0 Å². The molecule has 1 atom stereocenters. The van der Waals surface area contributed by atoms with Gasteiger partial charge >= 0.3 is 6.18 Å². The van der Waals surface area contributed by atoms with Gasteiger partial charge in [0.2, 0.25) is 5.91 Å². The molecule has 0 fully saturated rings. The number of rotatable bonds is 8. The van der Waals surface area contributed by atoms with Crippen molar-refractivity contribution in [2.24, 2.45) is 5.92 Å². The third kappa shape index (κ3) is 6.10. The molecule has 0 bridgehead atoms. The number of amides is 1. The van der Waals surface area contributed by atoms with Crippen molar-refractivity contribution in [2.45, 2.75) is 26.4 Å². The van der Waals surface area contributed by atoms with Crippen LogP contribution in [-0.2, 0) is 4.79 Å². The van der Waals surface area contributed by atoms with Gasteiger partial charge in [-0.05, 0) is 6.92 Å². The first kappa shape index (κ1) is 22.5. The zero-order valence-corrected chi connectivity index (χ0v) is 16.8. The Morgan fingerprint density at radius 1 is 1.39 bits per heavy atom. The first-order valence-electron chi connectivity index (χ1n) is 8.44. The van der Waals surface area contributed by atoms with E-state index in [1.54, 1.807) is 13.8 Å². The van der Waals surface area contributed by atoms with E-state index in [4.69, 9.17) is 11.6 Å². The van der Waals surface area contributed by atoms with Crippen LogP contribution in [0.5, 0.6) is 0 Å². The Labute approximate surface area is 169 Å². The number of anilines is 1. The van der Waals surface area contributed by atoms with Crippen LogP contribution in [0.3, 0.4) is 0 Å². The van der Waals surface area contributed by atoms with Crippen LogP contribution < -0.4 is 4.90 Å². The van der Waals surface area contributed by atoms with Gasteiger partial charge in [-0.3, -0.25) is 9.78 Å². The summed E-state index contributed by atoms with van der Waals surface area (Å²) in [7, 11) is 0. The second kappa shape index (κ2) is 9.60. The Morgan fingerprint density at radius 3 is 2.71 bits per heavy atom. The maximum absolute atomic E-state index is 13.4.